The first-order valence-electron chi connectivity index (χ1n) is 8.94. The lowest BCUT2D eigenvalue weighted by Crippen LogP contribution is -2.33. The first kappa shape index (κ1) is 14.9. The largest absolute Gasteiger partial charge is 0.298 e. The number of hydrogen-bond acceptors (Lipinski definition) is 3. The molecular weight excluding hydrogens is 286 g/mol. The topological polar surface area (TPSA) is 38.1 Å². The second-order valence-electron chi connectivity index (χ2n) is 7.15. The third kappa shape index (κ3) is 2.69. The monoisotopic (exact) mass is 311 g/mol. The molecule has 1 atom stereocenters. The summed E-state index contributed by atoms with van der Waals surface area (Å²) < 4.78 is 1.78. The third-order valence-corrected chi connectivity index (χ3v) is 5.65. The van der Waals surface area contributed by atoms with E-state index in [1.54, 1.807) is 4.57 Å². The Labute approximate surface area is 137 Å². The molecule has 23 heavy (non-hydrogen) atoms. The van der Waals surface area contributed by atoms with Crippen LogP contribution in [0.4, 0.5) is 0 Å². The summed E-state index contributed by atoms with van der Waals surface area (Å²) in [4.78, 5) is 20.1. The molecule has 2 aliphatic rings. The summed E-state index contributed by atoms with van der Waals surface area (Å²) in [6.45, 7) is 2.32. The molecule has 0 amide bonds. The Morgan fingerprint density at radius 3 is 2.74 bits per heavy atom. The average Bonchev–Trinajstić information content (AvgIpc) is 3.23. The van der Waals surface area contributed by atoms with E-state index in [9.17, 15) is 4.79 Å². The number of para-hydroxylation sites is 1. The van der Waals surface area contributed by atoms with Gasteiger partial charge in [-0.3, -0.25) is 14.3 Å². The van der Waals surface area contributed by atoms with Crippen molar-refractivity contribution in [3.8, 4) is 0 Å². The van der Waals surface area contributed by atoms with Gasteiger partial charge in [-0.2, -0.15) is 0 Å². The molecule has 1 saturated carbocycles. The molecule has 4 rings (SSSR count). The summed E-state index contributed by atoms with van der Waals surface area (Å²) in [5.74, 6) is 1.79. The zero-order valence-electron chi connectivity index (χ0n) is 13.9. The lowest BCUT2D eigenvalue weighted by molar-refractivity contribution is 0.206. The highest BCUT2D eigenvalue weighted by molar-refractivity contribution is 5.77. The second kappa shape index (κ2) is 6.08. The van der Waals surface area contributed by atoms with Crippen LogP contribution in [0.15, 0.2) is 29.1 Å². The fourth-order valence-corrected chi connectivity index (χ4v) is 4.39. The van der Waals surface area contributed by atoms with Crippen LogP contribution in [0.1, 0.15) is 50.4 Å². The highest BCUT2D eigenvalue weighted by atomic mass is 16.1. The highest BCUT2D eigenvalue weighted by Gasteiger charge is 2.31. The molecule has 2 aromatic rings. The predicted octanol–water partition coefficient (Wildman–Crippen LogP) is 3.26. The van der Waals surface area contributed by atoms with Gasteiger partial charge in [0, 0.05) is 13.6 Å². The second-order valence-corrected chi connectivity index (χ2v) is 7.15. The van der Waals surface area contributed by atoms with Crippen molar-refractivity contribution in [1.82, 2.24) is 14.5 Å². The first-order valence-corrected chi connectivity index (χ1v) is 8.94. The number of fused-ring (bicyclic) bond motifs is 1. The van der Waals surface area contributed by atoms with Crippen LogP contribution in [0, 0.1) is 5.92 Å². The van der Waals surface area contributed by atoms with E-state index in [-0.39, 0.29) is 5.56 Å². The van der Waals surface area contributed by atoms with E-state index in [1.807, 2.05) is 31.3 Å². The number of benzene rings is 1. The van der Waals surface area contributed by atoms with Crippen molar-refractivity contribution >= 4 is 10.9 Å². The zero-order valence-corrected chi connectivity index (χ0v) is 13.9. The van der Waals surface area contributed by atoms with Crippen LogP contribution in [-0.2, 0) is 7.05 Å². The molecule has 122 valence electrons. The Kier molecular flexibility index (Phi) is 3.93. The maximum atomic E-state index is 12.7. The summed E-state index contributed by atoms with van der Waals surface area (Å²) in [7, 11) is 1.88. The normalized spacial score (nSPS) is 23.1. The quantitative estimate of drug-likeness (QED) is 0.873. The summed E-state index contributed by atoms with van der Waals surface area (Å²) >= 11 is 0. The van der Waals surface area contributed by atoms with Crippen LogP contribution in [0.5, 0.6) is 0 Å². The van der Waals surface area contributed by atoms with Gasteiger partial charge in [0.05, 0.1) is 16.9 Å². The van der Waals surface area contributed by atoms with Gasteiger partial charge >= 0.3 is 0 Å². The number of hydrogen-bond donors (Lipinski definition) is 0. The van der Waals surface area contributed by atoms with Gasteiger partial charge in [-0.25, -0.2) is 4.98 Å². The lowest BCUT2D eigenvalue weighted by atomic mass is 10.1. The van der Waals surface area contributed by atoms with Gasteiger partial charge in [0.2, 0.25) is 0 Å². The van der Waals surface area contributed by atoms with Crippen LogP contribution in [0.3, 0.4) is 0 Å². The van der Waals surface area contributed by atoms with Gasteiger partial charge < -0.3 is 0 Å². The number of aromatic nitrogens is 2. The predicted molar refractivity (Wildman–Crippen MR) is 92.5 cm³/mol. The minimum Gasteiger partial charge on any atom is -0.298 e. The molecule has 0 bridgehead atoms. The van der Waals surface area contributed by atoms with Gasteiger partial charge in [0.25, 0.3) is 5.56 Å². The molecule has 1 aliphatic carbocycles. The van der Waals surface area contributed by atoms with E-state index in [0.717, 1.165) is 35.6 Å². The third-order valence-electron chi connectivity index (χ3n) is 5.65. The first-order chi connectivity index (χ1) is 11.2. The molecule has 0 N–H and O–H groups in total. The van der Waals surface area contributed by atoms with Crippen LogP contribution in [0.2, 0.25) is 0 Å². The van der Waals surface area contributed by atoms with E-state index >= 15 is 0 Å². The molecule has 1 aromatic carbocycles. The standard InChI is InChI=1S/C19H25N3O/c1-21-18(20-16-10-5-4-9-15(16)19(21)23)17-11-6-12-22(17)13-14-7-2-3-8-14/h4-5,9-10,14,17H,2-3,6-8,11-13H2,1H3. The van der Waals surface area contributed by atoms with Crippen molar-refractivity contribution in [1.29, 1.82) is 0 Å². The SMILES string of the molecule is Cn1c(C2CCCN2CC2CCCC2)nc2ccccc2c1=O. The highest BCUT2D eigenvalue weighted by Crippen LogP contribution is 2.34. The fraction of sp³-hybridized carbons (Fsp3) is 0.579. The van der Waals surface area contributed by atoms with Crippen LogP contribution >= 0.6 is 0 Å². The van der Waals surface area contributed by atoms with Crippen LogP contribution in [0.25, 0.3) is 10.9 Å². The maximum Gasteiger partial charge on any atom is 0.261 e. The summed E-state index contributed by atoms with van der Waals surface area (Å²) in [5.41, 5.74) is 0.914. The smallest absolute Gasteiger partial charge is 0.261 e. The summed E-state index contributed by atoms with van der Waals surface area (Å²) in [5, 5.41) is 0.721. The van der Waals surface area contributed by atoms with Gasteiger partial charge in [-0.15, -0.1) is 0 Å². The van der Waals surface area contributed by atoms with Crippen molar-refractivity contribution in [2.45, 2.75) is 44.6 Å². The fourth-order valence-electron chi connectivity index (χ4n) is 4.39. The summed E-state index contributed by atoms with van der Waals surface area (Å²) in [6.07, 6.45) is 7.83. The number of nitrogens with zero attached hydrogens (tertiary/aromatic N) is 3. The van der Waals surface area contributed by atoms with Crippen LogP contribution < -0.4 is 5.56 Å². The van der Waals surface area contributed by atoms with Gasteiger partial charge in [-0.1, -0.05) is 25.0 Å². The summed E-state index contributed by atoms with van der Waals surface area (Å²) in [6, 6.07) is 8.00. The minimum atomic E-state index is 0.0818. The van der Waals surface area contributed by atoms with Gasteiger partial charge in [0.15, 0.2) is 0 Å². The molecule has 4 nitrogen and oxygen atoms in total. The Balaban J connectivity index is 1.69. The molecule has 0 radical (unpaired) electrons. The van der Waals surface area contributed by atoms with E-state index in [0.29, 0.717) is 6.04 Å². The van der Waals surface area contributed by atoms with Gasteiger partial charge in [0.1, 0.15) is 5.82 Å². The van der Waals surface area contributed by atoms with Crippen molar-refractivity contribution < 1.29 is 0 Å². The van der Waals surface area contributed by atoms with Crippen molar-refractivity contribution in [2.75, 3.05) is 13.1 Å². The van der Waals surface area contributed by atoms with Crippen molar-refractivity contribution in [2.24, 2.45) is 13.0 Å². The molecule has 1 aliphatic heterocycles. The number of likely N-dealkylation sites (tertiary alicyclic amines) is 1. The van der Waals surface area contributed by atoms with Crippen LogP contribution in [-0.4, -0.2) is 27.5 Å². The Morgan fingerprint density at radius 2 is 1.91 bits per heavy atom. The van der Waals surface area contributed by atoms with E-state index in [2.05, 4.69) is 4.90 Å². The Hall–Kier alpha value is -1.68. The van der Waals surface area contributed by atoms with E-state index in [1.165, 1.54) is 38.6 Å². The molecular formula is C19H25N3O. The molecule has 1 saturated heterocycles. The molecule has 1 aromatic heterocycles. The van der Waals surface area contributed by atoms with Crippen molar-refractivity contribution in [3.63, 3.8) is 0 Å². The lowest BCUT2D eigenvalue weighted by Gasteiger charge is -2.28. The molecule has 0 spiro atoms. The van der Waals surface area contributed by atoms with Crippen molar-refractivity contribution in [3.05, 3.63) is 40.4 Å². The number of rotatable bonds is 3. The zero-order chi connectivity index (χ0) is 15.8. The molecule has 2 heterocycles. The average molecular weight is 311 g/mol. The Bertz CT molecular complexity index is 761. The maximum absolute atomic E-state index is 12.7. The van der Waals surface area contributed by atoms with Gasteiger partial charge in [-0.05, 0) is 50.3 Å². The van der Waals surface area contributed by atoms with E-state index < -0.39 is 0 Å². The molecule has 1 unspecified atom stereocenters. The Morgan fingerprint density at radius 1 is 1.13 bits per heavy atom. The van der Waals surface area contributed by atoms with E-state index in [4.69, 9.17) is 4.98 Å². The minimum absolute atomic E-state index is 0.0818. The molecule has 2 fully saturated rings. The molecule has 4 heteroatoms.